The maximum absolute atomic E-state index is 10.9. The van der Waals surface area contributed by atoms with Gasteiger partial charge in [0.2, 0.25) is 5.91 Å². The predicted molar refractivity (Wildman–Crippen MR) is 50.2 cm³/mol. The molecule has 3 nitrogen and oxygen atoms in total. The summed E-state index contributed by atoms with van der Waals surface area (Å²) in [5, 5.41) is 8.40. The lowest BCUT2D eigenvalue weighted by Crippen LogP contribution is -2.46. The molecule has 0 aromatic heterocycles. The largest absolute Gasteiger partial charge is 0.289 e. The Morgan fingerprint density at radius 2 is 2.15 bits per heavy atom. The Morgan fingerprint density at radius 3 is 2.54 bits per heavy atom. The molecule has 0 heterocycles. The van der Waals surface area contributed by atoms with Crippen LogP contribution in [0.5, 0.6) is 0 Å². The quantitative estimate of drug-likeness (QED) is 0.521. The van der Waals surface area contributed by atoms with Crippen molar-refractivity contribution in [1.82, 2.24) is 5.48 Å². The lowest BCUT2D eigenvalue weighted by atomic mass is 9.53. The van der Waals surface area contributed by atoms with Crippen LogP contribution in [0.3, 0.4) is 0 Å². The van der Waals surface area contributed by atoms with E-state index < -0.39 is 0 Å². The van der Waals surface area contributed by atoms with Gasteiger partial charge < -0.3 is 0 Å². The predicted octanol–water partition coefficient (Wildman–Crippen LogP) is 1.95. The van der Waals surface area contributed by atoms with Crippen molar-refractivity contribution in [3.05, 3.63) is 0 Å². The average Bonchev–Trinajstić information content (AvgIpc) is 2.10. The van der Waals surface area contributed by atoms with Crippen molar-refractivity contribution >= 4 is 5.91 Å². The molecule has 76 valence electrons. The average molecular weight is 185 g/mol. The Hall–Kier alpha value is -0.570. The minimum atomic E-state index is -0.257. The first-order valence-electron chi connectivity index (χ1n) is 4.95. The Bertz CT molecular complexity index is 201. The van der Waals surface area contributed by atoms with Gasteiger partial charge in [-0.1, -0.05) is 27.2 Å². The number of carbonyl (C=O) groups excluding carboxylic acids is 1. The topological polar surface area (TPSA) is 49.3 Å². The fraction of sp³-hybridized carbons (Fsp3) is 0.900. The Labute approximate surface area is 79.5 Å². The zero-order valence-electron chi connectivity index (χ0n) is 8.63. The van der Waals surface area contributed by atoms with E-state index in [1.807, 2.05) is 0 Å². The summed E-state index contributed by atoms with van der Waals surface area (Å²) < 4.78 is 0. The number of amides is 1. The molecule has 2 atom stereocenters. The van der Waals surface area contributed by atoms with Crippen molar-refractivity contribution in [3.63, 3.8) is 0 Å². The van der Waals surface area contributed by atoms with Gasteiger partial charge in [-0.15, -0.1) is 0 Å². The van der Waals surface area contributed by atoms with Gasteiger partial charge in [-0.3, -0.25) is 10.0 Å². The van der Waals surface area contributed by atoms with Gasteiger partial charge >= 0.3 is 0 Å². The highest BCUT2D eigenvalue weighted by atomic mass is 16.5. The number of nitrogens with one attached hydrogen (secondary N) is 1. The molecule has 0 spiro atoms. The SMILES string of the molecule is CC[C@@H]1C[C@@H](CC(=O)NO)C1(C)C. The van der Waals surface area contributed by atoms with Gasteiger partial charge in [-0.05, 0) is 23.7 Å². The third-order valence-corrected chi connectivity index (χ3v) is 3.72. The summed E-state index contributed by atoms with van der Waals surface area (Å²) >= 11 is 0. The van der Waals surface area contributed by atoms with Gasteiger partial charge in [0, 0.05) is 6.42 Å². The van der Waals surface area contributed by atoms with Crippen molar-refractivity contribution in [3.8, 4) is 0 Å². The van der Waals surface area contributed by atoms with E-state index in [-0.39, 0.29) is 11.3 Å². The molecule has 1 aliphatic rings. The van der Waals surface area contributed by atoms with Crippen molar-refractivity contribution in [1.29, 1.82) is 0 Å². The zero-order chi connectivity index (χ0) is 10.1. The molecule has 0 aromatic rings. The van der Waals surface area contributed by atoms with Crippen LogP contribution in [0.4, 0.5) is 0 Å². The second-order valence-corrected chi connectivity index (χ2v) is 4.60. The van der Waals surface area contributed by atoms with Crippen molar-refractivity contribution in [2.45, 2.75) is 40.0 Å². The molecule has 3 heteroatoms. The molecule has 0 aliphatic heterocycles. The van der Waals surface area contributed by atoms with E-state index in [0.717, 1.165) is 12.3 Å². The fourth-order valence-electron chi connectivity index (χ4n) is 2.43. The molecule has 1 amide bonds. The van der Waals surface area contributed by atoms with Crippen LogP contribution < -0.4 is 5.48 Å². The van der Waals surface area contributed by atoms with Crippen LogP contribution in [-0.4, -0.2) is 11.1 Å². The number of hydrogen-bond acceptors (Lipinski definition) is 2. The van der Waals surface area contributed by atoms with Crippen LogP contribution in [-0.2, 0) is 4.79 Å². The molecular formula is C10H19NO2. The summed E-state index contributed by atoms with van der Waals surface area (Å²) in [5.74, 6) is 0.918. The van der Waals surface area contributed by atoms with Crippen molar-refractivity contribution < 1.29 is 10.0 Å². The van der Waals surface area contributed by atoms with Gasteiger partial charge in [0.25, 0.3) is 0 Å². The van der Waals surface area contributed by atoms with Crippen LogP contribution in [0.1, 0.15) is 40.0 Å². The van der Waals surface area contributed by atoms with Crippen molar-refractivity contribution in [2.24, 2.45) is 17.3 Å². The van der Waals surface area contributed by atoms with Gasteiger partial charge in [0.05, 0.1) is 0 Å². The highest BCUT2D eigenvalue weighted by Crippen LogP contribution is 2.54. The van der Waals surface area contributed by atoms with E-state index in [2.05, 4.69) is 20.8 Å². The molecule has 0 aromatic carbocycles. The smallest absolute Gasteiger partial charge is 0.243 e. The van der Waals surface area contributed by atoms with E-state index in [1.54, 1.807) is 5.48 Å². The summed E-state index contributed by atoms with van der Waals surface area (Å²) in [6, 6.07) is 0. The molecule has 2 N–H and O–H groups in total. The summed E-state index contributed by atoms with van der Waals surface area (Å²) in [6.07, 6.45) is 2.77. The molecule has 0 bridgehead atoms. The van der Waals surface area contributed by atoms with E-state index in [9.17, 15) is 4.79 Å². The molecule has 0 saturated heterocycles. The summed E-state index contributed by atoms with van der Waals surface area (Å²) in [5.41, 5.74) is 1.96. The third kappa shape index (κ3) is 1.85. The minimum absolute atomic E-state index is 0.257. The van der Waals surface area contributed by atoms with Gasteiger partial charge in [0.1, 0.15) is 0 Å². The first kappa shape index (κ1) is 10.5. The number of carbonyl (C=O) groups is 1. The lowest BCUT2D eigenvalue weighted by molar-refractivity contribution is -0.135. The Balaban J connectivity index is 2.44. The highest BCUT2D eigenvalue weighted by molar-refractivity contribution is 5.75. The summed E-state index contributed by atoms with van der Waals surface area (Å²) in [6.45, 7) is 6.61. The van der Waals surface area contributed by atoms with E-state index >= 15 is 0 Å². The molecule has 1 rings (SSSR count). The molecule has 1 saturated carbocycles. The van der Waals surface area contributed by atoms with Gasteiger partial charge in [0.15, 0.2) is 0 Å². The molecule has 1 aliphatic carbocycles. The first-order chi connectivity index (χ1) is 6.02. The molecule has 0 unspecified atom stereocenters. The monoisotopic (exact) mass is 185 g/mol. The highest BCUT2D eigenvalue weighted by Gasteiger charge is 2.47. The second kappa shape index (κ2) is 3.66. The first-order valence-corrected chi connectivity index (χ1v) is 4.95. The summed E-state index contributed by atoms with van der Waals surface area (Å²) in [7, 11) is 0. The Kier molecular flexibility index (Phi) is 2.96. The third-order valence-electron chi connectivity index (χ3n) is 3.72. The van der Waals surface area contributed by atoms with Crippen molar-refractivity contribution in [2.75, 3.05) is 0 Å². The van der Waals surface area contributed by atoms with E-state index in [0.29, 0.717) is 12.3 Å². The fourth-order valence-corrected chi connectivity index (χ4v) is 2.43. The maximum atomic E-state index is 10.9. The van der Waals surface area contributed by atoms with Crippen LogP contribution in [0.15, 0.2) is 0 Å². The van der Waals surface area contributed by atoms with Crippen LogP contribution in [0, 0.1) is 17.3 Å². The van der Waals surface area contributed by atoms with Gasteiger partial charge in [-0.25, -0.2) is 5.48 Å². The number of hydroxylamine groups is 1. The van der Waals surface area contributed by atoms with E-state index in [4.69, 9.17) is 5.21 Å². The minimum Gasteiger partial charge on any atom is -0.289 e. The molecule has 1 fully saturated rings. The normalized spacial score (nSPS) is 30.8. The number of rotatable bonds is 3. The molecule has 0 radical (unpaired) electrons. The zero-order valence-corrected chi connectivity index (χ0v) is 8.63. The maximum Gasteiger partial charge on any atom is 0.243 e. The second-order valence-electron chi connectivity index (χ2n) is 4.60. The number of hydrogen-bond donors (Lipinski definition) is 2. The van der Waals surface area contributed by atoms with Gasteiger partial charge in [-0.2, -0.15) is 0 Å². The van der Waals surface area contributed by atoms with Crippen LogP contribution >= 0.6 is 0 Å². The Morgan fingerprint density at radius 1 is 1.54 bits per heavy atom. The molecular weight excluding hydrogens is 166 g/mol. The van der Waals surface area contributed by atoms with Crippen LogP contribution in [0.2, 0.25) is 0 Å². The lowest BCUT2D eigenvalue weighted by Gasteiger charge is -2.52. The van der Waals surface area contributed by atoms with Crippen LogP contribution in [0.25, 0.3) is 0 Å². The summed E-state index contributed by atoms with van der Waals surface area (Å²) in [4.78, 5) is 10.9. The molecule has 13 heavy (non-hydrogen) atoms. The van der Waals surface area contributed by atoms with E-state index in [1.165, 1.54) is 6.42 Å². The standard InChI is InChI=1S/C10H19NO2/c1-4-7-5-8(10(7,2)3)6-9(12)11-13/h7-8,13H,4-6H2,1-3H3,(H,11,12)/t7-,8+/m1/s1.